The van der Waals surface area contributed by atoms with Crippen LogP contribution in [-0.2, 0) is 0 Å². The minimum atomic E-state index is 1.06. The SMILES string of the molecule is C=C/C=C\c1cc(C)[nH]c1C=C.CC.CC. The number of allylic oxidation sites excluding steroid dienone is 2. The first-order valence-electron chi connectivity index (χ1n) is 5.89. The lowest BCUT2D eigenvalue weighted by molar-refractivity contribution is 1.25. The van der Waals surface area contributed by atoms with E-state index in [1.807, 2.05) is 52.8 Å². The Labute approximate surface area is 101 Å². The van der Waals surface area contributed by atoms with Gasteiger partial charge in [0.2, 0.25) is 0 Å². The maximum Gasteiger partial charge on any atom is 0.0450 e. The topological polar surface area (TPSA) is 15.8 Å². The fourth-order valence-corrected chi connectivity index (χ4v) is 1.11. The minimum Gasteiger partial charge on any atom is -0.359 e. The molecule has 0 aliphatic rings. The molecule has 0 fully saturated rings. The average Bonchev–Trinajstić information content (AvgIpc) is 2.72. The van der Waals surface area contributed by atoms with Crippen LogP contribution in [0.2, 0.25) is 0 Å². The molecular formula is C15H25N. The number of H-pyrrole nitrogens is 1. The van der Waals surface area contributed by atoms with Crippen LogP contribution < -0.4 is 0 Å². The second kappa shape index (κ2) is 11.6. The van der Waals surface area contributed by atoms with Crippen LogP contribution in [0.15, 0.2) is 31.4 Å². The molecule has 0 radical (unpaired) electrons. The Hall–Kier alpha value is -1.50. The number of hydrogen-bond acceptors (Lipinski definition) is 0. The summed E-state index contributed by atoms with van der Waals surface area (Å²) in [7, 11) is 0. The molecule has 0 unspecified atom stereocenters. The second-order valence-corrected chi connectivity index (χ2v) is 2.62. The molecule has 0 aliphatic carbocycles. The summed E-state index contributed by atoms with van der Waals surface area (Å²) in [6, 6.07) is 2.08. The zero-order valence-corrected chi connectivity index (χ0v) is 11.3. The quantitative estimate of drug-likeness (QED) is 0.671. The van der Waals surface area contributed by atoms with Gasteiger partial charge in [-0.2, -0.15) is 0 Å². The maximum absolute atomic E-state index is 3.72. The number of hydrogen-bond donors (Lipinski definition) is 1. The molecular weight excluding hydrogens is 194 g/mol. The molecule has 0 saturated carbocycles. The molecule has 1 aromatic heterocycles. The third-order valence-electron chi connectivity index (χ3n) is 1.63. The Morgan fingerprint density at radius 1 is 1.12 bits per heavy atom. The minimum absolute atomic E-state index is 1.06. The van der Waals surface area contributed by atoms with Crippen LogP contribution in [0.3, 0.4) is 0 Å². The lowest BCUT2D eigenvalue weighted by Gasteiger charge is -1.88. The van der Waals surface area contributed by atoms with Gasteiger partial charge in [0.1, 0.15) is 0 Å². The Bertz CT molecular complexity index is 316. The van der Waals surface area contributed by atoms with Crippen LogP contribution in [0.5, 0.6) is 0 Å². The van der Waals surface area contributed by atoms with Crippen molar-refractivity contribution in [2.75, 3.05) is 0 Å². The highest BCUT2D eigenvalue weighted by molar-refractivity contribution is 5.63. The van der Waals surface area contributed by atoms with Gasteiger partial charge in [-0.1, -0.05) is 59.1 Å². The summed E-state index contributed by atoms with van der Waals surface area (Å²) < 4.78 is 0. The van der Waals surface area contributed by atoms with E-state index in [2.05, 4.69) is 24.2 Å². The number of rotatable bonds is 3. The van der Waals surface area contributed by atoms with Crippen LogP contribution >= 0.6 is 0 Å². The van der Waals surface area contributed by atoms with Crippen molar-refractivity contribution >= 4 is 12.2 Å². The van der Waals surface area contributed by atoms with Crippen LogP contribution in [0.1, 0.15) is 44.6 Å². The van der Waals surface area contributed by atoms with Crippen LogP contribution in [-0.4, -0.2) is 4.98 Å². The molecule has 0 aromatic carbocycles. The normalized spacial score (nSPS) is 8.56. The van der Waals surface area contributed by atoms with E-state index in [-0.39, 0.29) is 0 Å². The number of aromatic amines is 1. The smallest absolute Gasteiger partial charge is 0.0450 e. The third kappa shape index (κ3) is 6.07. The summed E-state index contributed by atoms with van der Waals surface area (Å²) in [4.78, 5) is 3.20. The van der Waals surface area contributed by atoms with Crippen molar-refractivity contribution in [1.29, 1.82) is 0 Å². The average molecular weight is 219 g/mol. The van der Waals surface area contributed by atoms with Crippen LogP contribution in [0, 0.1) is 6.92 Å². The Balaban J connectivity index is 0. The largest absolute Gasteiger partial charge is 0.359 e. The summed E-state index contributed by atoms with van der Waals surface area (Å²) in [5, 5.41) is 0. The van der Waals surface area contributed by atoms with Gasteiger partial charge < -0.3 is 4.98 Å². The molecule has 16 heavy (non-hydrogen) atoms. The highest BCUT2D eigenvalue weighted by Crippen LogP contribution is 2.13. The van der Waals surface area contributed by atoms with Gasteiger partial charge in [-0.25, -0.2) is 0 Å². The standard InChI is InChI=1S/C11H13N.2C2H6/c1-4-6-7-10-8-9(3)12-11(10)5-2;2*1-2/h4-8,12H,1-2H2,3H3;2*1-2H3/b7-6-;;. The van der Waals surface area contributed by atoms with Crippen LogP contribution in [0.4, 0.5) is 0 Å². The molecule has 1 heterocycles. The summed E-state index contributed by atoms with van der Waals surface area (Å²) in [6.07, 6.45) is 7.49. The van der Waals surface area contributed by atoms with Gasteiger partial charge in [-0.3, -0.25) is 0 Å². The van der Waals surface area contributed by atoms with Gasteiger partial charge >= 0.3 is 0 Å². The molecule has 90 valence electrons. The highest BCUT2D eigenvalue weighted by atomic mass is 14.7. The first kappa shape index (κ1) is 16.9. The van der Waals surface area contributed by atoms with Gasteiger partial charge in [0, 0.05) is 11.4 Å². The van der Waals surface area contributed by atoms with Crippen molar-refractivity contribution in [3.63, 3.8) is 0 Å². The monoisotopic (exact) mass is 219 g/mol. The summed E-state index contributed by atoms with van der Waals surface area (Å²) >= 11 is 0. The van der Waals surface area contributed by atoms with Crippen LogP contribution in [0.25, 0.3) is 12.2 Å². The summed E-state index contributed by atoms with van der Waals surface area (Å²) in [5.74, 6) is 0. The van der Waals surface area contributed by atoms with E-state index in [0.29, 0.717) is 0 Å². The fraction of sp³-hybridized carbons (Fsp3) is 0.333. The third-order valence-corrected chi connectivity index (χ3v) is 1.63. The van der Waals surface area contributed by atoms with Crippen molar-refractivity contribution in [3.8, 4) is 0 Å². The van der Waals surface area contributed by atoms with E-state index in [0.717, 1.165) is 17.0 Å². The van der Waals surface area contributed by atoms with E-state index >= 15 is 0 Å². The van der Waals surface area contributed by atoms with E-state index in [9.17, 15) is 0 Å². The molecule has 1 N–H and O–H groups in total. The van der Waals surface area contributed by atoms with Gasteiger partial charge in [-0.15, -0.1) is 0 Å². The number of aromatic nitrogens is 1. The zero-order chi connectivity index (χ0) is 13.0. The second-order valence-electron chi connectivity index (χ2n) is 2.62. The lowest BCUT2D eigenvalue weighted by Crippen LogP contribution is -1.73. The van der Waals surface area contributed by atoms with Crippen molar-refractivity contribution in [3.05, 3.63) is 48.3 Å². The molecule has 0 saturated heterocycles. The summed E-state index contributed by atoms with van der Waals surface area (Å²) in [5.41, 5.74) is 3.36. The predicted octanol–water partition coefficient (Wildman–Crippen LogP) is 5.22. The van der Waals surface area contributed by atoms with E-state index in [1.165, 1.54) is 0 Å². The van der Waals surface area contributed by atoms with Crippen molar-refractivity contribution in [1.82, 2.24) is 4.98 Å². The van der Waals surface area contributed by atoms with E-state index in [4.69, 9.17) is 0 Å². The number of aryl methyl sites for hydroxylation is 1. The molecule has 1 aromatic rings. The zero-order valence-electron chi connectivity index (χ0n) is 11.3. The van der Waals surface area contributed by atoms with Crippen molar-refractivity contribution < 1.29 is 0 Å². The summed E-state index contributed by atoms with van der Waals surface area (Å²) in [6.45, 7) is 17.4. The van der Waals surface area contributed by atoms with Crippen molar-refractivity contribution in [2.45, 2.75) is 34.6 Å². The molecule has 1 heteroatoms. The first-order chi connectivity index (χ1) is 7.77. The molecule has 0 bridgehead atoms. The van der Waals surface area contributed by atoms with Gasteiger partial charge in [0.05, 0.1) is 0 Å². The Morgan fingerprint density at radius 3 is 2.12 bits per heavy atom. The van der Waals surface area contributed by atoms with Gasteiger partial charge in [-0.05, 0) is 24.6 Å². The predicted molar refractivity (Wildman–Crippen MR) is 77.5 cm³/mol. The number of nitrogens with one attached hydrogen (secondary N) is 1. The lowest BCUT2D eigenvalue weighted by atomic mass is 10.2. The van der Waals surface area contributed by atoms with E-state index < -0.39 is 0 Å². The molecule has 0 atom stereocenters. The van der Waals surface area contributed by atoms with Gasteiger partial charge in [0.25, 0.3) is 0 Å². The fourth-order valence-electron chi connectivity index (χ4n) is 1.11. The Morgan fingerprint density at radius 2 is 1.69 bits per heavy atom. The molecule has 0 amide bonds. The first-order valence-corrected chi connectivity index (χ1v) is 5.89. The molecule has 0 spiro atoms. The van der Waals surface area contributed by atoms with Crippen molar-refractivity contribution in [2.24, 2.45) is 0 Å². The molecule has 1 rings (SSSR count). The molecule has 0 aliphatic heterocycles. The maximum atomic E-state index is 3.72. The van der Waals surface area contributed by atoms with Gasteiger partial charge in [0.15, 0.2) is 0 Å². The van der Waals surface area contributed by atoms with E-state index in [1.54, 1.807) is 6.08 Å². The molecule has 1 nitrogen and oxygen atoms in total. The highest BCUT2D eigenvalue weighted by Gasteiger charge is 1.97. The Kier molecular flexibility index (Phi) is 12.2.